The normalized spacial score (nSPS) is 18.9. The molecule has 1 fully saturated rings. The van der Waals surface area contributed by atoms with Gasteiger partial charge in [0.1, 0.15) is 11.4 Å². The van der Waals surface area contributed by atoms with Crippen LogP contribution >= 0.6 is 0 Å². The molecular weight excluding hydrogens is 428 g/mol. The molecule has 1 unspecified atom stereocenters. The average Bonchev–Trinajstić information content (AvgIpc) is 3.27. The van der Waals surface area contributed by atoms with Crippen LogP contribution in [0.3, 0.4) is 0 Å². The molecule has 1 atom stereocenters. The van der Waals surface area contributed by atoms with Gasteiger partial charge in [0.15, 0.2) is 0 Å². The molecule has 0 aliphatic carbocycles. The molecule has 2 aromatic carbocycles. The van der Waals surface area contributed by atoms with Crippen LogP contribution in [0.2, 0.25) is 0 Å². The summed E-state index contributed by atoms with van der Waals surface area (Å²) in [6.07, 6.45) is 3.38. The number of rotatable bonds is 4. The highest BCUT2D eigenvalue weighted by Crippen LogP contribution is 2.30. The second-order valence-electron chi connectivity index (χ2n) is 10.3. The van der Waals surface area contributed by atoms with E-state index in [4.69, 9.17) is 9.47 Å². The minimum absolute atomic E-state index is 0.421. The molecule has 7 nitrogen and oxygen atoms in total. The van der Waals surface area contributed by atoms with Gasteiger partial charge in [-0.15, -0.1) is 0 Å². The van der Waals surface area contributed by atoms with E-state index < -0.39 is 11.8 Å². The minimum atomic E-state index is -0.666. The first kappa shape index (κ1) is 22.6. The monoisotopic (exact) mass is 462 g/mol. The number of benzene rings is 2. The third kappa shape index (κ3) is 5.14. The van der Waals surface area contributed by atoms with Gasteiger partial charge in [-0.05, 0) is 75.6 Å². The van der Waals surface area contributed by atoms with Crippen molar-refractivity contribution in [1.82, 2.24) is 9.88 Å². The van der Waals surface area contributed by atoms with E-state index in [0.717, 1.165) is 51.3 Å². The van der Waals surface area contributed by atoms with Crippen molar-refractivity contribution in [2.75, 3.05) is 42.9 Å². The van der Waals surface area contributed by atoms with E-state index in [2.05, 4.69) is 44.4 Å². The van der Waals surface area contributed by atoms with Gasteiger partial charge in [0, 0.05) is 67.2 Å². The van der Waals surface area contributed by atoms with Crippen LogP contribution in [0.4, 0.5) is 16.2 Å². The van der Waals surface area contributed by atoms with Crippen LogP contribution in [0, 0.1) is 0 Å². The lowest BCUT2D eigenvalue weighted by atomic mass is 9.97. The molecule has 7 heteroatoms. The van der Waals surface area contributed by atoms with E-state index in [-0.39, 0.29) is 0 Å². The topological polar surface area (TPSA) is 69.8 Å². The Morgan fingerprint density at radius 3 is 2.71 bits per heavy atom. The largest absolute Gasteiger partial charge is 0.514 e. The van der Waals surface area contributed by atoms with Crippen molar-refractivity contribution >= 4 is 28.4 Å². The molecule has 2 aliphatic rings. The smallest absolute Gasteiger partial charge is 0.428 e. The molecule has 180 valence electrons. The molecule has 2 N–H and O–H groups in total. The van der Waals surface area contributed by atoms with Gasteiger partial charge in [-0.2, -0.15) is 0 Å². The van der Waals surface area contributed by atoms with Crippen molar-refractivity contribution in [2.45, 2.75) is 45.3 Å². The lowest BCUT2D eigenvalue weighted by Crippen LogP contribution is -2.50. The summed E-state index contributed by atoms with van der Waals surface area (Å²) in [5.41, 5.74) is 4.27. The summed E-state index contributed by atoms with van der Waals surface area (Å²) in [6.45, 7) is 10.7. The zero-order valence-electron chi connectivity index (χ0n) is 20.3. The van der Waals surface area contributed by atoms with Gasteiger partial charge in [-0.1, -0.05) is 6.07 Å². The Bertz CT molecular complexity index is 1160. The van der Waals surface area contributed by atoms with Crippen LogP contribution in [0.25, 0.3) is 10.9 Å². The molecule has 0 amide bonds. The first-order valence-electron chi connectivity index (χ1n) is 12.2. The SMILES string of the molecule is CC(C)(C)OC(=O)Oc1ccc2c(c1)CCC(CN1CCN(c3cccc4[nH]ccc34)CC1)N2. The van der Waals surface area contributed by atoms with Crippen LogP contribution in [0.15, 0.2) is 48.7 Å². The maximum atomic E-state index is 12.0. The summed E-state index contributed by atoms with van der Waals surface area (Å²) >= 11 is 0. The van der Waals surface area contributed by atoms with E-state index in [9.17, 15) is 4.79 Å². The minimum Gasteiger partial charge on any atom is -0.428 e. The maximum absolute atomic E-state index is 12.0. The summed E-state index contributed by atoms with van der Waals surface area (Å²) in [6, 6.07) is 14.9. The second kappa shape index (κ2) is 9.22. The number of hydrogen-bond donors (Lipinski definition) is 2. The summed E-state index contributed by atoms with van der Waals surface area (Å²) in [5, 5.41) is 5.00. The number of nitrogens with one attached hydrogen (secondary N) is 2. The van der Waals surface area contributed by atoms with Gasteiger partial charge >= 0.3 is 6.16 Å². The van der Waals surface area contributed by atoms with Crippen LogP contribution in [0.5, 0.6) is 5.75 Å². The molecule has 0 radical (unpaired) electrons. The number of ether oxygens (including phenoxy) is 2. The van der Waals surface area contributed by atoms with Crippen molar-refractivity contribution in [2.24, 2.45) is 0 Å². The number of piperazine rings is 1. The van der Waals surface area contributed by atoms with Crippen molar-refractivity contribution < 1.29 is 14.3 Å². The first-order chi connectivity index (χ1) is 16.3. The molecule has 2 aliphatic heterocycles. The average molecular weight is 463 g/mol. The number of H-pyrrole nitrogens is 1. The van der Waals surface area contributed by atoms with Gasteiger partial charge in [-0.25, -0.2) is 4.79 Å². The molecule has 1 aromatic heterocycles. The molecule has 1 saturated heterocycles. The van der Waals surface area contributed by atoms with Crippen LogP contribution in [-0.4, -0.2) is 60.4 Å². The van der Waals surface area contributed by atoms with Crippen molar-refractivity contribution in [3.63, 3.8) is 0 Å². The number of aromatic amines is 1. The van der Waals surface area contributed by atoms with E-state index >= 15 is 0 Å². The number of aryl methyl sites for hydroxylation is 1. The van der Waals surface area contributed by atoms with E-state index in [0.29, 0.717) is 11.8 Å². The Morgan fingerprint density at radius 2 is 1.91 bits per heavy atom. The molecule has 0 spiro atoms. The lowest BCUT2D eigenvalue weighted by Gasteiger charge is -2.39. The van der Waals surface area contributed by atoms with Crippen LogP contribution < -0.4 is 15.0 Å². The summed E-state index contributed by atoms with van der Waals surface area (Å²) in [4.78, 5) is 20.3. The number of fused-ring (bicyclic) bond motifs is 2. The van der Waals surface area contributed by atoms with Crippen molar-refractivity contribution in [3.8, 4) is 5.75 Å². The molecule has 3 aromatic rings. The van der Waals surface area contributed by atoms with Gasteiger partial charge in [0.2, 0.25) is 0 Å². The van der Waals surface area contributed by atoms with Gasteiger partial charge in [-0.3, -0.25) is 4.90 Å². The molecule has 5 rings (SSSR count). The van der Waals surface area contributed by atoms with Crippen LogP contribution in [0.1, 0.15) is 32.8 Å². The van der Waals surface area contributed by atoms with Crippen LogP contribution in [-0.2, 0) is 11.2 Å². The van der Waals surface area contributed by atoms with Crippen molar-refractivity contribution in [1.29, 1.82) is 0 Å². The number of hydrogen-bond acceptors (Lipinski definition) is 6. The Morgan fingerprint density at radius 1 is 1.09 bits per heavy atom. The maximum Gasteiger partial charge on any atom is 0.514 e. The van der Waals surface area contributed by atoms with E-state index in [1.807, 2.05) is 45.2 Å². The number of carbonyl (C=O) groups is 1. The third-order valence-corrected chi connectivity index (χ3v) is 6.55. The molecule has 34 heavy (non-hydrogen) atoms. The highest BCUT2D eigenvalue weighted by atomic mass is 16.7. The predicted octanol–water partition coefficient (Wildman–Crippen LogP) is 5.03. The molecule has 3 heterocycles. The first-order valence-corrected chi connectivity index (χ1v) is 12.2. The Kier molecular flexibility index (Phi) is 6.13. The molecule has 0 bridgehead atoms. The fourth-order valence-corrected chi connectivity index (χ4v) is 4.93. The number of anilines is 2. The van der Waals surface area contributed by atoms with Gasteiger partial charge < -0.3 is 24.7 Å². The number of nitrogens with zero attached hydrogens (tertiary/aromatic N) is 2. The molecule has 0 saturated carbocycles. The third-order valence-electron chi connectivity index (χ3n) is 6.55. The Hall–Kier alpha value is -3.19. The second-order valence-corrected chi connectivity index (χ2v) is 10.3. The summed E-state index contributed by atoms with van der Waals surface area (Å²) in [5.74, 6) is 0.529. The highest BCUT2D eigenvalue weighted by molar-refractivity contribution is 5.92. The number of carbonyl (C=O) groups excluding carboxylic acids is 1. The van der Waals surface area contributed by atoms with Crippen molar-refractivity contribution in [3.05, 3.63) is 54.2 Å². The summed E-state index contributed by atoms with van der Waals surface area (Å²) < 4.78 is 10.6. The quantitative estimate of drug-likeness (QED) is 0.419. The zero-order chi connectivity index (χ0) is 23.7. The standard InChI is InChI=1S/C27H34N4O3/c1-27(2,3)34-26(32)33-21-9-10-23-19(17-21)7-8-20(29-23)18-30-13-15-31(16-14-30)25-6-4-5-24-22(25)11-12-28-24/h4-6,9-12,17,20,28-29H,7-8,13-16,18H2,1-3H3. The van der Waals surface area contributed by atoms with Gasteiger partial charge in [0.25, 0.3) is 0 Å². The zero-order valence-corrected chi connectivity index (χ0v) is 20.3. The van der Waals surface area contributed by atoms with E-state index in [1.165, 1.54) is 22.2 Å². The Labute approximate surface area is 201 Å². The Balaban J connectivity index is 1.14. The summed E-state index contributed by atoms with van der Waals surface area (Å²) in [7, 11) is 0. The highest BCUT2D eigenvalue weighted by Gasteiger charge is 2.25. The lowest BCUT2D eigenvalue weighted by molar-refractivity contribution is 0.0206. The number of aromatic nitrogens is 1. The van der Waals surface area contributed by atoms with E-state index in [1.54, 1.807) is 0 Å². The fourth-order valence-electron chi connectivity index (χ4n) is 4.93. The molecular formula is C27H34N4O3. The van der Waals surface area contributed by atoms with Gasteiger partial charge in [0.05, 0.1) is 0 Å². The fraction of sp³-hybridized carbons (Fsp3) is 0.444. The predicted molar refractivity (Wildman–Crippen MR) is 136 cm³/mol.